The number of anilines is 1. The number of carbonyl (C=O) groups is 1. The largest absolute Gasteiger partial charge is 0.302 e. The van der Waals surface area contributed by atoms with E-state index in [0.717, 1.165) is 42.7 Å². The third-order valence-corrected chi connectivity index (χ3v) is 6.48. The number of hydrogen-bond donors (Lipinski definition) is 1. The minimum absolute atomic E-state index is 0.0162. The highest BCUT2D eigenvalue weighted by Gasteiger charge is 2.21. The van der Waals surface area contributed by atoms with Gasteiger partial charge < -0.3 is 5.32 Å². The summed E-state index contributed by atoms with van der Waals surface area (Å²) < 4.78 is 0. The Bertz CT molecular complexity index is 1190. The standard InChI is InChI=1S/C25H23N3OS/c29-24(15-19-10-11-20-8-4-5-9-21(20)14-19)27-25-26-22-12-13-28(17-23(22)30-25)16-18-6-2-1-3-7-18/h1-11,14H,12-13,15-17H2,(H,26,27,29). The van der Waals surface area contributed by atoms with Gasteiger partial charge in [0.1, 0.15) is 0 Å². The number of carbonyl (C=O) groups excluding carboxylic acids is 1. The zero-order chi connectivity index (χ0) is 20.3. The third-order valence-electron chi connectivity index (χ3n) is 5.48. The van der Waals surface area contributed by atoms with Gasteiger partial charge in [0.2, 0.25) is 5.91 Å². The van der Waals surface area contributed by atoms with E-state index in [2.05, 4.69) is 63.7 Å². The van der Waals surface area contributed by atoms with Crippen molar-refractivity contribution in [2.45, 2.75) is 25.9 Å². The SMILES string of the molecule is O=C(Cc1ccc2ccccc2c1)Nc1nc2c(s1)CN(Cc1ccccc1)CC2. The summed E-state index contributed by atoms with van der Waals surface area (Å²) in [6.07, 6.45) is 1.29. The smallest absolute Gasteiger partial charge is 0.230 e. The lowest BCUT2D eigenvalue weighted by atomic mass is 10.1. The molecule has 0 spiro atoms. The number of rotatable bonds is 5. The maximum absolute atomic E-state index is 12.6. The fraction of sp³-hybridized carbons (Fsp3) is 0.200. The van der Waals surface area contributed by atoms with Crippen LogP contribution in [0.5, 0.6) is 0 Å². The van der Waals surface area contributed by atoms with Crippen molar-refractivity contribution in [3.63, 3.8) is 0 Å². The predicted octanol–water partition coefficient (Wildman–Crippen LogP) is 5.04. The molecule has 4 nitrogen and oxygen atoms in total. The van der Waals surface area contributed by atoms with E-state index >= 15 is 0 Å². The summed E-state index contributed by atoms with van der Waals surface area (Å²) in [6.45, 7) is 2.83. The monoisotopic (exact) mass is 413 g/mol. The summed E-state index contributed by atoms with van der Waals surface area (Å²) in [5.41, 5.74) is 3.47. The van der Waals surface area contributed by atoms with Gasteiger partial charge in [-0.15, -0.1) is 11.3 Å². The van der Waals surface area contributed by atoms with Gasteiger partial charge in [-0.25, -0.2) is 4.98 Å². The summed E-state index contributed by atoms with van der Waals surface area (Å²) >= 11 is 1.61. The molecule has 2 heterocycles. The first-order chi connectivity index (χ1) is 14.7. The van der Waals surface area contributed by atoms with Gasteiger partial charge >= 0.3 is 0 Å². The number of nitrogens with zero attached hydrogens (tertiary/aromatic N) is 2. The van der Waals surface area contributed by atoms with Crippen LogP contribution in [0.3, 0.4) is 0 Å². The average molecular weight is 414 g/mol. The highest BCUT2D eigenvalue weighted by Crippen LogP contribution is 2.29. The van der Waals surface area contributed by atoms with E-state index in [1.807, 2.05) is 24.3 Å². The van der Waals surface area contributed by atoms with E-state index in [0.29, 0.717) is 11.6 Å². The fourth-order valence-corrected chi connectivity index (χ4v) is 5.04. The third kappa shape index (κ3) is 4.27. The Hall–Kier alpha value is -3.02. The molecule has 1 amide bonds. The fourth-order valence-electron chi connectivity index (χ4n) is 3.98. The molecule has 1 aliphatic heterocycles. The zero-order valence-corrected chi connectivity index (χ0v) is 17.5. The van der Waals surface area contributed by atoms with E-state index in [-0.39, 0.29) is 5.91 Å². The predicted molar refractivity (Wildman–Crippen MR) is 123 cm³/mol. The molecule has 0 aliphatic carbocycles. The number of hydrogen-bond acceptors (Lipinski definition) is 4. The first kappa shape index (κ1) is 19.0. The Balaban J connectivity index is 1.22. The molecule has 30 heavy (non-hydrogen) atoms. The Morgan fingerprint density at radius 1 is 0.967 bits per heavy atom. The second-order valence-corrected chi connectivity index (χ2v) is 8.83. The number of amides is 1. The van der Waals surface area contributed by atoms with E-state index in [1.165, 1.54) is 15.8 Å². The maximum atomic E-state index is 12.6. The molecule has 4 aromatic rings. The number of thiazole rings is 1. The first-order valence-corrected chi connectivity index (χ1v) is 11.1. The van der Waals surface area contributed by atoms with Crippen molar-refractivity contribution in [3.05, 3.63) is 94.5 Å². The van der Waals surface area contributed by atoms with E-state index in [1.54, 1.807) is 11.3 Å². The molecule has 0 saturated heterocycles. The lowest BCUT2D eigenvalue weighted by Gasteiger charge is -2.25. The van der Waals surface area contributed by atoms with Gasteiger partial charge in [0, 0.05) is 30.9 Å². The van der Waals surface area contributed by atoms with Crippen LogP contribution in [-0.2, 0) is 30.7 Å². The molecule has 150 valence electrons. The molecule has 0 atom stereocenters. The van der Waals surface area contributed by atoms with Crippen LogP contribution >= 0.6 is 11.3 Å². The van der Waals surface area contributed by atoms with E-state index in [9.17, 15) is 4.79 Å². The Kier molecular flexibility index (Phi) is 5.30. The molecule has 1 N–H and O–H groups in total. The zero-order valence-electron chi connectivity index (χ0n) is 16.7. The minimum Gasteiger partial charge on any atom is -0.302 e. The normalized spacial score (nSPS) is 13.9. The Labute approximate surface area is 180 Å². The summed E-state index contributed by atoms with van der Waals surface area (Å²) in [6, 6.07) is 24.9. The number of fused-ring (bicyclic) bond motifs is 2. The van der Waals surface area contributed by atoms with Crippen LogP contribution in [0.2, 0.25) is 0 Å². The van der Waals surface area contributed by atoms with Crippen molar-refractivity contribution in [1.29, 1.82) is 0 Å². The molecule has 0 radical (unpaired) electrons. The van der Waals surface area contributed by atoms with Crippen molar-refractivity contribution in [2.75, 3.05) is 11.9 Å². The van der Waals surface area contributed by atoms with Crippen molar-refractivity contribution in [3.8, 4) is 0 Å². The Morgan fingerprint density at radius 3 is 2.63 bits per heavy atom. The molecule has 5 rings (SSSR count). The summed E-state index contributed by atoms with van der Waals surface area (Å²) in [7, 11) is 0. The molecule has 1 aromatic heterocycles. The van der Waals surface area contributed by atoms with Gasteiger partial charge in [-0.2, -0.15) is 0 Å². The van der Waals surface area contributed by atoms with Gasteiger partial charge in [-0.05, 0) is 21.9 Å². The van der Waals surface area contributed by atoms with E-state index in [4.69, 9.17) is 0 Å². The quantitative estimate of drug-likeness (QED) is 0.499. The molecule has 1 aliphatic rings. The van der Waals surface area contributed by atoms with Crippen LogP contribution in [0.25, 0.3) is 10.8 Å². The summed E-state index contributed by atoms with van der Waals surface area (Å²) in [4.78, 5) is 21.0. The van der Waals surface area contributed by atoms with Crippen LogP contribution in [0.4, 0.5) is 5.13 Å². The number of nitrogens with one attached hydrogen (secondary N) is 1. The van der Waals surface area contributed by atoms with Gasteiger partial charge in [0.15, 0.2) is 5.13 Å². The molecule has 0 unspecified atom stereocenters. The molecule has 5 heteroatoms. The van der Waals surface area contributed by atoms with Crippen LogP contribution in [0.1, 0.15) is 21.7 Å². The molecule has 0 fully saturated rings. The van der Waals surface area contributed by atoms with Crippen molar-refractivity contribution in [1.82, 2.24) is 9.88 Å². The van der Waals surface area contributed by atoms with Gasteiger partial charge in [-0.1, -0.05) is 72.8 Å². The van der Waals surface area contributed by atoms with Gasteiger partial charge in [0.05, 0.1) is 12.1 Å². The van der Waals surface area contributed by atoms with Gasteiger partial charge in [-0.3, -0.25) is 9.69 Å². The average Bonchev–Trinajstić information content (AvgIpc) is 3.15. The van der Waals surface area contributed by atoms with Crippen LogP contribution in [-0.4, -0.2) is 22.3 Å². The van der Waals surface area contributed by atoms with Crippen molar-refractivity contribution >= 4 is 33.1 Å². The van der Waals surface area contributed by atoms with Crippen LogP contribution < -0.4 is 5.32 Å². The highest BCUT2D eigenvalue weighted by atomic mass is 32.1. The second-order valence-electron chi connectivity index (χ2n) is 7.74. The summed E-state index contributed by atoms with van der Waals surface area (Å²) in [5, 5.41) is 6.07. The maximum Gasteiger partial charge on any atom is 0.230 e. The van der Waals surface area contributed by atoms with Crippen LogP contribution in [0.15, 0.2) is 72.8 Å². The van der Waals surface area contributed by atoms with Crippen molar-refractivity contribution in [2.24, 2.45) is 0 Å². The molecular formula is C25H23N3OS. The lowest BCUT2D eigenvalue weighted by molar-refractivity contribution is -0.115. The molecule has 0 saturated carbocycles. The van der Waals surface area contributed by atoms with Gasteiger partial charge in [0.25, 0.3) is 0 Å². The molecular weight excluding hydrogens is 390 g/mol. The topological polar surface area (TPSA) is 45.2 Å². The number of aromatic nitrogens is 1. The molecule has 3 aromatic carbocycles. The van der Waals surface area contributed by atoms with Crippen molar-refractivity contribution < 1.29 is 4.79 Å². The Morgan fingerprint density at radius 2 is 1.77 bits per heavy atom. The second kappa shape index (κ2) is 8.38. The van der Waals surface area contributed by atoms with Crippen LogP contribution in [0, 0.1) is 0 Å². The summed E-state index contributed by atoms with van der Waals surface area (Å²) in [5.74, 6) is -0.0162. The first-order valence-electron chi connectivity index (χ1n) is 10.3. The highest BCUT2D eigenvalue weighted by molar-refractivity contribution is 7.15. The minimum atomic E-state index is -0.0162. The number of benzene rings is 3. The molecule has 0 bridgehead atoms. The lowest BCUT2D eigenvalue weighted by Crippen LogP contribution is -2.29. The van der Waals surface area contributed by atoms with E-state index < -0.39 is 0 Å².